The number of benzene rings is 2. The van der Waals surface area contributed by atoms with Gasteiger partial charge in [0.15, 0.2) is 0 Å². The lowest BCUT2D eigenvalue weighted by Crippen LogP contribution is -2.11. The molecule has 0 radical (unpaired) electrons. The summed E-state index contributed by atoms with van der Waals surface area (Å²) in [7, 11) is 5.00. The summed E-state index contributed by atoms with van der Waals surface area (Å²) in [4.78, 5) is 33.9. The Balaban J connectivity index is 0.000000271. The highest BCUT2D eigenvalue weighted by atomic mass is 31.0. The SMILES string of the molecule is COC(=O)c1ccccc1C(=O)OC.Cc1ccccc1C(C)C(=O)CP. The highest BCUT2D eigenvalue weighted by molar-refractivity contribution is 7.18. The number of ketones is 1. The first kappa shape index (κ1) is 22.5. The van der Waals surface area contributed by atoms with Crippen molar-refractivity contribution in [2.45, 2.75) is 19.8 Å². The van der Waals surface area contributed by atoms with Crippen LogP contribution in [-0.4, -0.2) is 38.1 Å². The van der Waals surface area contributed by atoms with Crippen LogP contribution in [0.15, 0.2) is 48.5 Å². The average Bonchev–Trinajstić information content (AvgIpc) is 2.72. The van der Waals surface area contributed by atoms with Crippen molar-refractivity contribution in [1.82, 2.24) is 0 Å². The van der Waals surface area contributed by atoms with Gasteiger partial charge in [-0.3, -0.25) is 4.79 Å². The third-order valence-electron chi connectivity index (χ3n) is 4.08. The summed E-state index contributed by atoms with van der Waals surface area (Å²) < 4.78 is 9.05. The maximum absolute atomic E-state index is 11.4. The fraction of sp³-hybridized carbons (Fsp3) is 0.286. The van der Waals surface area contributed by atoms with Crippen molar-refractivity contribution in [3.8, 4) is 0 Å². The number of aryl methyl sites for hydroxylation is 1. The summed E-state index contributed by atoms with van der Waals surface area (Å²) in [6, 6.07) is 14.4. The predicted octanol–water partition coefficient (Wildman–Crippen LogP) is 3.80. The van der Waals surface area contributed by atoms with Crippen molar-refractivity contribution in [2.24, 2.45) is 0 Å². The van der Waals surface area contributed by atoms with Gasteiger partial charge >= 0.3 is 11.9 Å². The largest absolute Gasteiger partial charge is 0.465 e. The third kappa shape index (κ3) is 6.30. The molecule has 0 N–H and O–H groups in total. The minimum atomic E-state index is -0.550. The number of methoxy groups -OCH3 is 2. The van der Waals surface area contributed by atoms with Gasteiger partial charge in [-0.1, -0.05) is 43.3 Å². The summed E-state index contributed by atoms with van der Waals surface area (Å²) >= 11 is 0. The van der Waals surface area contributed by atoms with Crippen molar-refractivity contribution in [2.75, 3.05) is 20.4 Å². The second-order valence-corrected chi connectivity index (χ2v) is 6.19. The molecular weight excluding hydrogens is 363 g/mol. The van der Waals surface area contributed by atoms with Crippen LogP contribution in [0.1, 0.15) is 44.7 Å². The fourth-order valence-corrected chi connectivity index (χ4v) is 2.84. The monoisotopic (exact) mass is 388 g/mol. The maximum Gasteiger partial charge on any atom is 0.338 e. The number of hydrogen-bond acceptors (Lipinski definition) is 5. The zero-order valence-corrected chi connectivity index (χ0v) is 17.2. The number of Topliss-reactive ketones (excluding diaryl/α,β-unsaturated/α-hetero) is 1. The van der Waals surface area contributed by atoms with Crippen molar-refractivity contribution in [3.05, 3.63) is 70.8 Å². The third-order valence-corrected chi connectivity index (χ3v) is 4.48. The number of ether oxygens (including phenoxy) is 2. The molecule has 2 rings (SSSR count). The summed E-state index contributed by atoms with van der Waals surface area (Å²) in [6.07, 6.45) is 0.537. The van der Waals surface area contributed by atoms with E-state index < -0.39 is 11.9 Å². The van der Waals surface area contributed by atoms with E-state index in [1.54, 1.807) is 12.1 Å². The van der Waals surface area contributed by atoms with Crippen LogP contribution in [-0.2, 0) is 14.3 Å². The average molecular weight is 388 g/mol. The van der Waals surface area contributed by atoms with E-state index in [4.69, 9.17) is 0 Å². The second kappa shape index (κ2) is 11.2. The molecule has 2 aromatic carbocycles. The van der Waals surface area contributed by atoms with Gasteiger partial charge in [0, 0.05) is 12.1 Å². The van der Waals surface area contributed by atoms with E-state index in [0.717, 1.165) is 5.56 Å². The molecule has 2 unspecified atom stereocenters. The molecule has 0 aliphatic rings. The molecule has 27 heavy (non-hydrogen) atoms. The van der Waals surface area contributed by atoms with E-state index in [9.17, 15) is 14.4 Å². The highest BCUT2D eigenvalue weighted by Crippen LogP contribution is 2.20. The van der Waals surface area contributed by atoms with E-state index in [2.05, 4.69) is 18.7 Å². The molecule has 0 spiro atoms. The Labute approximate surface area is 162 Å². The van der Waals surface area contributed by atoms with E-state index >= 15 is 0 Å². The Bertz CT molecular complexity index is 766. The minimum absolute atomic E-state index is 0.0266. The number of hydrogen-bond donors (Lipinski definition) is 0. The van der Waals surface area contributed by atoms with Crippen LogP contribution in [0.2, 0.25) is 0 Å². The van der Waals surface area contributed by atoms with Crippen LogP contribution >= 0.6 is 9.24 Å². The zero-order chi connectivity index (χ0) is 20.4. The van der Waals surface area contributed by atoms with Gasteiger partial charge in [-0.25, -0.2) is 9.59 Å². The van der Waals surface area contributed by atoms with Crippen LogP contribution < -0.4 is 0 Å². The number of esters is 2. The Morgan fingerprint density at radius 1 is 0.889 bits per heavy atom. The molecule has 0 aromatic heterocycles. The van der Waals surface area contributed by atoms with Gasteiger partial charge in [-0.05, 0) is 30.2 Å². The summed E-state index contributed by atoms with van der Waals surface area (Å²) in [5.74, 6) is -0.796. The molecule has 2 atom stereocenters. The van der Waals surface area contributed by atoms with Gasteiger partial charge < -0.3 is 9.47 Å². The summed E-state index contributed by atoms with van der Waals surface area (Å²) in [5.41, 5.74) is 2.76. The van der Waals surface area contributed by atoms with Gasteiger partial charge in [0.1, 0.15) is 5.78 Å². The molecule has 2 aromatic rings. The topological polar surface area (TPSA) is 69.7 Å². The predicted molar refractivity (Wildman–Crippen MR) is 108 cm³/mol. The van der Waals surface area contributed by atoms with Crippen LogP contribution in [0.5, 0.6) is 0 Å². The number of rotatable bonds is 5. The van der Waals surface area contributed by atoms with E-state index in [1.807, 2.05) is 38.1 Å². The lowest BCUT2D eigenvalue weighted by Gasteiger charge is -2.11. The minimum Gasteiger partial charge on any atom is -0.465 e. The smallest absolute Gasteiger partial charge is 0.338 e. The first-order valence-corrected chi connectivity index (χ1v) is 9.22. The molecule has 0 saturated heterocycles. The summed E-state index contributed by atoms with van der Waals surface area (Å²) in [6.45, 7) is 4.01. The molecule has 0 bridgehead atoms. The van der Waals surface area contributed by atoms with Gasteiger partial charge in [0.05, 0.1) is 25.3 Å². The van der Waals surface area contributed by atoms with E-state index in [-0.39, 0.29) is 22.8 Å². The van der Waals surface area contributed by atoms with Gasteiger partial charge in [-0.2, -0.15) is 0 Å². The van der Waals surface area contributed by atoms with Gasteiger partial charge in [0.2, 0.25) is 0 Å². The van der Waals surface area contributed by atoms with Crippen LogP contribution in [0.25, 0.3) is 0 Å². The van der Waals surface area contributed by atoms with Crippen molar-refractivity contribution < 1.29 is 23.9 Å². The molecular formula is C21H25O5P. The Kier molecular flexibility index (Phi) is 9.38. The van der Waals surface area contributed by atoms with Crippen LogP contribution in [0, 0.1) is 6.92 Å². The van der Waals surface area contributed by atoms with E-state index in [0.29, 0.717) is 6.16 Å². The first-order valence-electron chi connectivity index (χ1n) is 8.41. The van der Waals surface area contributed by atoms with Crippen LogP contribution in [0.4, 0.5) is 0 Å². The highest BCUT2D eigenvalue weighted by Gasteiger charge is 2.17. The molecule has 0 fully saturated rings. The standard InChI is InChI=1S/C11H15OP.C10H10O4/c1-8-5-3-4-6-10(8)9(2)11(12)7-13;1-13-9(11)7-5-3-4-6-8(7)10(12)14-2/h3-6,9H,7,13H2,1-2H3;3-6H,1-2H3. The van der Waals surface area contributed by atoms with Crippen LogP contribution in [0.3, 0.4) is 0 Å². The molecule has 0 heterocycles. The molecule has 6 heteroatoms. The Morgan fingerprint density at radius 3 is 1.74 bits per heavy atom. The number of carbonyl (C=O) groups is 3. The number of carbonyl (C=O) groups excluding carboxylic acids is 3. The fourth-order valence-electron chi connectivity index (χ4n) is 2.48. The lowest BCUT2D eigenvalue weighted by atomic mass is 9.94. The van der Waals surface area contributed by atoms with E-state index in [1.165, 1.54) is 31.9 Å². The van der Waals surface area contributed by atoms with Gasteiger partial charge in [0.25, 0.3) is 0 Å². The second-order valence-electron chi connectivity index (χ2n) is 5.78. The van der Waals surface area contributed by atoms with Crippen molar-refractivity contribution in [3.63, 3.8) is 0 Å². The molecule has 0 amide bonds. The normalized spacial score (nSPS) is 10.9. The van der Waals surface area contributed by atoms with Crippen molar-refractivity contribution >= 4 is 27.0 Å². The summed E-state index contributed by atoms with van der Waals surface area (Å²) in [5, 5.41) is 0. The molecule has 0 aliphatic carbocycles. The lowest BCUT2D eigenvalue weighted by molar-refractivity contribution is -0.117. The Hall–Kier alpha value is -2.52. The zero-order valence-electron chi connectivity index (χ0n) is 16.0. The molecule has 5 nitrogen and oxygen atoms in total. The van der Waals surface area contributed by atoms with Gasteiger partial charge in [-0.15, -0.1) is 9.24 Å². The first-order chi connectivity index (χ1) is 12.9. The Morgan fingerprint density at radius 2 is 1.33 bits per heavy atom. The molecule has 144 valence electrons. The molecule has 0 aliphatic heterocycles. The molecule has 0 saturated carbocycles. The maximum atomic E-state index is 11.4. The van der Waals surface area contributed by atoms with Crippen molar-refractivity contribution in [1.29, 1.82) is 0 Å². The quantitative estimate of drug-likeness (QED) is 0.576.